The van der Waals surface area contributed by atoms with Crippen molar-refractivity contribution in [1.82, 2.24) is 9.88 Å². The topological polar surface area (TPSA) is 45.7 Å². The highest BCUT2D eigenvalue weighted by atomic mass is 35.5. The molecule has 0 radical (unpaired) electrons. The molecule has 0 saturated carbocycles. The third-order valence-corrected chi connectivity index (χ3v) is 7.02. The third kappa shape index (κ3) is 3.92. The van der Waals surface area contributed by atoms with Gasteiger partial charge in [0.25, 0.3) is 5.91 Å². The monoisotopic (exact) mass is 463 g/mol. The Balaban J connectivity index is 1.43. The molecule has 0 spiro atoms. The van der Waals surface area contributed by atoms with Crippen LogP contribution in [0.25, 0.3) is 21.5 Å². The molecule has 0 N–H and O–H groups in total. The van der Waals surface area contributed by atoms with Gasteiger partial charge in [-0.05, 0) is 36.4 Å². The number of ether oxygens (including phenoxy) is 1. The van der Waals surface area contributed by atoms with Crippen molar-refractivity contribution in [2.45, 2.75) is 0 Å². The van der Waals surface area contributed by atoms with Crippen molar-refractivity contribution in [1.29, 1.82) is 0 Å². The van der Waals surface area contributed by atoms with Gasteiger partial charge in [0.05, 0.1) is 38.8 Å². The minimum absolute atomic E-state index is 0.0344. The maximum Gasteiger partial charge on any atom is 0.254 e. The van der Waals surface area contributed by atoms with Crippen LogP contribution >= 0.6 is 22.9 Å². The number of pyridine rings is 1. The largest absolute Gasteiger partial charge is 0.495 e. The number of hydrogen-bond donors (Lipinski definition) is 0. The lowest BCUT2D eigenvalue weighted by Gasteiger charge is -2.36. The first-order chi connectivity index (χ1) is 15.6. The number of rotatable bonds is 4. The number of carbonyl (C=O) groups is 1. The van der Waals surface area contributed by atoms with Crippen LogP contribution in [0.4, 0.5) is 5.69 Å². The van der Waals surface area contributed by atoms with E-state index < -0.39 is 0 Å². The first kappa shape index (κ1) is 20.8. The molecule has 1 aliphatic rings. The van der Waals surface area contributed by atoms with Crippen molar-refractivity contribution >= 4 is 45.4 Å². The zero-order valence-corrected chi connectivity index (χ0v) is 19.2. The number of fused-ring (bicyclic) bond motifs is 1. The average Bonchev–Trinajstić information content (AvgIpc) is 3.29. The van der Waals surface area contributed by atoms with Crippen LogP contribution in [-0.2, 0) is 0 Å². The highest BCUT2D eigenvalue weighted by Gasteiger charge is 2.25. The van der Waals surface area contributed by atoms with Crippen LogP contribution in [0, 0.1) is 0 Å². The van der Waals surface area contributed by atoms with Gasteiger partial charge in [0.1, 0.15) is 5.75 Å². The Morgan fingerprint density at radius 1 is 1.00 bits per heavy atom. The van der Waals surface area contributed by atoms with E-state index in [1.165, 1.54) is 11.3 Å². The Morgan fingerprint density at radius 3 is 2.50 bits per heavy atom. The average molecular weight is 464 g/mol. The molecule has 1 amide bonds. The molecule has 1 aliphatic heterocycles. The van der Waals surface area contributed by atoms with Gasteiger partial charge in [0.15, 0.2) is 0 Å². The Labute approximate surface area is 195 Å². The van der Waals surface area contributed by atoms with E-state index >= 15 is 0 Å². The summed E-state index contributed by atoms with van der Waals surface area (Å²) in [4.78, 5) is 23.5. The van der Waals surface area contributed by atoms with E-state index in [4.69, 9.17) is 21.3 Å². The van der Waals surface area contributed by atoms with E-state index in [1.54, 1.807) is 7.11 Å². The number of carbonyl (C=O) groups excluding carboxylic acids is 1. The van der Waals surface area contributed by atoms with Crippen molar-refractivity contribution in [3.63, 3.8) is 0 Å². The third-order valence-electron chi connectivity index (χ3n) is 5.76. The second-order valence-electron chi connectivity index (χ2n) is 7.63. The number of methoxy groups -OCH3 is 1. The van der Waals surface area contributed by atoms with E-state index in [2.05, 4.69) is 11.0 Å². The molecule has 5 nitrogen and oxygen atoms in total. The number of hydrogen-bond acceptors (Lipinski definition) is 5. The summed E-state index contributed by atoms with van der Waals surface area (Å²) in [7, 11) is 1.69. The molecule has 0 aliphatic carbocycles. The molecule has 0 unspecified atom stereocenters. The molecule has 2 aromatic heterocycles. The predicted molar refractivity (Wildman–Crippen MR) is 131 cm³/mol. The highest BCUT2D eigenvalue weighted by Crippen LogP contribution is 2.33. The molecule has 2 aromatic carbocycles. The quantitative estimate of drug-likeness (QED) is 0.396. The van der Waals surface area contributed by atoms with Crippen LogP contribution in [-0.4, -0.2) is 49.1 Å². The minimum Gasteiger partial charge on any atom is -0.495 e. The smallest absolute Gasteiger partial charge is 0.254 e. The lowest BCUT2D eigenvalue weighted by Crippen LogP contribution is -2.49. The van der Waals surface area contributed by atoms with Crippen molar-refractivity contribution in [3.8, 4) is 16.3 Å². The van der Waals surface area contributed by atoms with Gasteiger partial charge in [0.2, 0.25) is 0 Å². The summed E-state index contributed by atoms with van der Waals surface area (Å²) in [6.45, 7) is 2.80. The summed E-state index contributed by atoms with van der Waals surface area (Å²) in [6.07, 6.45) is 0. The number of anilines is 1. The van der Waals surface area contributed by atoms with Crippen molar-refractivity contribution in [2.24, 2.45) is 0 Å². The number of para-hydroxylation sites is 3. The van der Waals surface area contributed by atoms with Gasteiger partial charge in [-0.15, -0.1) is 11.3 Å². The van der Waals surface area contributed by atoms with Gasteiger partial charge in [-0.25, -0.2) is 4.98 Å². The summed E-state index contributed by atoms with van der Waals surface area (Å²) < 4.78 is 6.21. The second-order valence-corrected chi connectivity index (χ2v) is 9.34. The molecule has 32 heavy (non-hydrogen) atoms. The van der Waals surface area contributed by atoms with Crippen molar-refractivity contribution in [2.75, 3.05) is 38.2 Å². The molecule has 5 rings (SSSR count). The van der Waals surface area contributed by atoms with Crippen LogP contribution in [0.1, 0.15) is 10.4 Å². The van der Waals surface area contributed by atoms with Crippen molar-refractivity contribution < 1.29 is 9.53 Å². The lowest BCUT2D eigenvalue weighted by atomic mass is 10.1. The Hall–Kier alpha value is -3.09. The summed E-state index contributed by atoms with van der Waals surface area (Å²) in [5, 5.41) is 0.871. The van der Waals surface area contributed by atoms with E-state index in [0.717, 1.165) is 46.0 Å². The number of nitrogens with zero attached hydrogens (tertiary/aromatic N) is 3. The number of thiophene rings is 1. The molecular weight excluding hydrogens is 442 g/mol. The SMILES string of the molecule is COc1ccccc1N1CCN(C(=O)c2cc(-c3ccc(Cl)s3)nc3ccccc23)CC1. The van der Waals surface area contributed by atoms with Gasteiger partial charge in [-0.3, -0.25) is 4.79 Å². The maximum absolute atomic E-state index is 13.6. The van der Waals surface area contributed by atoms with E-state index in [9.17, 15) is 4.79 Å². The Bertz CT molecular complexity index is 1280. The molecule has 4 aromatic rings. The number of amides is 1. The lowest BCUT2D eigenvalue weighted by molar-refractivity contribution is 0.0748. The van der Waals surface area contributed by atoms with Crippen LogP contribution in [0.5, 0.6) is 5.75 Å². The van der Waals surface area contributed by atoms with Gasteiger partial charge >= 0.3 is 0 Å². The number of halogens is 1. The van der Waals surface area contributed by atoms with Crippen LogP contribution in [0.3, 0.4) is 0 Å². The minimum atomic E-state index is 0.0344. The van der Waals surface area contributed by atoms with Gasteiger partial charge < -0.3 is 14.5 Å². The normalized spacial score (nSPS) is 14.1. The van der Waals surface area contributed by atoms with Crippen LogP contribution < -0.4 is 9.64 Å². The highest BCUT2D eigenvalue weighted by molar-refractivity contribution is 7.19. The zero-order chi connectivity index (χ0) is 22.1. The second kappa shape index (κ2) is 8.81. The summed E-state index contributed by atoms with van der Waals surface area (Å²) in [5.74, 6) is 0.888. The van der Waals surface area contributed by atoms with Crippen molar-refractivity contribution in [3.05, 3.63) is 76.6 Å². The maximum atomic E-state index is 13.6. The fraction of sp³-hybridized carbons (Fsp3) is 0.200. The number of piperazine rings is 1. The van der Waals surface area contributed by atoms with E-state index in [0.29, 0.717) is 23.0 Å². The van der Waals surface area contributed by atoms with Crippen LogP contribution in [0.15, 0.2) is 66.7 Å². The molecule has 0 atom stereocenters. The molecular formula is C25H22ClN3O2S. The number of benzene rings is 2. The predicted octanol–water partition coefficient (Wildman–Crippen LogP) is 5.59. The first-order valence-electron chi connectivity index (χ1n) is 10.5. The van der Waals surface area contributed by atoms with Crippen LogP contribution in [0.2, 0.25) is 4.34 Å². The zero-order valence-electron chi connectivity index (χ0n) is 17.6. The fourth-order valence-corrected chi connectivity index (χ4v) is 5.15. The summed E-state index contributed by atoms with van der Waals surface area (Å²) in [5.41, 5.74) is 3.33. The number of aromatic nitrogens is 1. The summed E-state index contributed by atoms with van der Waals surface area (Å²) in [6, 6.07) is 21.5. The molecule has 0 bridgehead atoms. The van der Waals surface area contributed by atoms with Gasteiger partial charge in [0, 0.05) is 31.6 Å². The van der Waals surface area contributed by atoms with Gasteiger partial charge in [-0.2, -0.15) is 0 Å². The summed E-state index contributed by atoms with van der Waals surface area (Å²) >= 11 is 7.61. The molecule has 7 heteroatoms. The standard InChI is InChI=1S/C25H22ClN3O2S/c1-31-22-9-5-4-8-21(22)28-12-14-29(15-13-28)25(30)18-16-20(23-10-11-24(26)32-23)27-19-7-3-2-6-17(18)19/h2-11,16H,12-15H2,1H3. The van der Waals surface area contributed by atoms with E-state index in [-0.39, 0.29) is 5.91 Å². The molecule has 1 saturated heterocycles. The fourth-order valence-electron chi connectivity index (χ4n) is 4.14. The Morgan fingerprint density at radius 2 is 1.75 bits per heavy atom. The molecule has 162 valence electrons. The molecule has 1 fully saturated rings. The Kier molecular flexibility index (Phi) is 5.72. The first-order valence-corrected chi connectivity index (χ1v) is 11.7. The van der Waals surface area contributed by atoms with Gasteiger partial charge in [-0.1, -0.05) is 41.9 Å². The van der Waals surface area contributed by atoms with E-state index in [1.807, 2.05) is 65.6 Å². The molecule has 3 heterocycles.